The van der Waals surface area contributed by atoms with E-state index in [1.165, 1.54) is 11.1 Å². The van der Waals surface area contributed by atoms with Crippen LogP contribution in [0.5, 0.6) is 5.75 Å². The molecule has 3 nitrogen and oxygen atoms in total. The molecular weight excluding hydrogens is 260 g/mol. The van der Waals surface area contributed by atoms with E-state index in [4.69, 9.17) is 4.74 Å². The van der Waals surface area contributed by atoms with Crippen LogP contribution >= 0.6 is 12.4 Å². The standard InChI is InChI=1S/C15H18N2O.ClH/c1-13-6-5-7-15(14(13)2)18-11-4-3-9-17-10-8-16-12-17;/h3-8,10,12H,9,11H2,1-2H3;1H. The summed E-state index contributed by atoms with van der Waals surface area (Å²) in [5, 5.41) is 0. The Kier molecular flexibility index (Phi) is 6.16. The van der Waals surface area contributed by atoms with Crippen LogP contribution in [-0.2, 0) is 6.54 Å². The summed E-state index contributed by atoms with van der Waals surface area (Å²) in [5.41, 5.74) is 2.47. The lowest BCUT2D eigenvalue weighted by molar-refractivity contribution is 0.359. The van der Waals surface area contributed by atoms with Crippen LogP contribution in [0.15, 0.2) is 49.1 Å². The molecule has 1 aromatic heterocycles. The molecule has 0 atom stereocenters. The fraction of sp³-hybridized carbons (Fsp3) is 0.267. The van der Waals surface area contributed by atoms with Crippen molar-refractivity contribution in [2.45, 2.75) is 20.4 Å². The maximum Gasteiger partial charge on any atom is 0.122 e. The Hall–Kier alpha value is -1.74. The zero-order chi connectivity index (χ0) is 12.8. The molecule has 1 heterocycles. The Balaban J connectivity index is 0.00000180. The first-order chi connectivity index (χ1) is 8.77. The molecule has 0 saturated heterocycles. The summed E-state index contributed by atoms with van der Waals surface area (Å²) in [6, 6.07) is 6.12. The number of halogens is 1. The van der Waals surface area contributed by atoms with Gasteiger partial charge in [0.25, 0.3) is 0 Å². The van der Waals surface area contributed by atoms with Gasteiger partial charge in [-0.15, -0.1) is 12.4 Å². The highest BCUT2D eigenvalue weighted by atomic mass is 35.5. The molecule has 19 heavy (non-hydrogen) atoms. The van der Waals surface area contributed by atoms with Crippen molar-refractivity contribution in [2.75, 3.05) is 6.61 Å². The summed E-state index contributed by atoms with van der Waals surface area (Å²) in [6.45, 7) is 5.60. The Morgan fingerprint density at radius 1 is 1.26 bits per heavy atom. The van der Waals surface area contributed by atoms with Gasteiger partial charge in [0.15, 0.2) is 0 Å². The second-order valence-electron chi connectivity index (χ2n) is 4.24. The lowest BCUT2D eigenvalue weighted by Crippen LogP contribution is -1.97. The second kappa shape index (κ2) is 7.64. The van der Waals surface area contributed by atoms with E-state index < -0.39 is 0 Å². The molecule has 0 aliphatic heterocycles. The molecule has 1 aromatic carbocycles. The third kappa shape index (κ3) is 4.45. The summed E-state index contributed by atoms with van der Waals surface area (Å²) in [6.07, 6.45) is 9.63. The van der Waals surface area contributed by atoms with E-state index >= 15 is 0 Å². The van der Waals surface area contributed by atoms with E-state index in [0.29, 0.717) is 6.61 Å². The van der Waals surface area contributed by atoms with Crippen LogP contribution in [0, 0.1) is 13.8 Å². The monoisotopic (exact) mass is 278 g/mol. The van der Waals surface area contributed by atoms with Crippen LogP contribution in [0.2, 0.25) is 0 Å². The lowest BCUT2D eigenvalue weighted by Gasteiger charge is -2.08. The third-order valence-corrected chi connectivity index (χ3v) is 2.93. The van der Waals surface area contributed by atoms with Crippen molar-refractivity contribution in [3.05, 3.63) is 60.2 Å². The largest absolute Gasteiger partial charge is 0.489 e. The van der Waals surface area contributed by atoms with Crippen LogP contribution in [0.1, 0.15) is 11.1 Å². The van der Waals surface area contributed by atoms with Gasteiger partial charge in [-0.3, -0.25) is 0 Å². The van der Waals surface area contributed by atoms with Gasteiger partial charge in [0.05, 0.1) is 6.33 Å². The summed E-state index contributed by atoms with van der Waals surface area (Å²) < 4.78 is 7.73. The molecule has 0 radical (unpaired) electrons. The minimum Gasteiger partial charge on any atom is -0.489 e. The number of hydrogen-bond acceptors (Lipinski definition) is 2. The van der Waals surface area contributed by atoms with Crippen molar-refractivity contribution in [2.24, 2.45) is 0 Å². The third-order valence-electron chi connectivity index (χ3n) is 2.93. The maximum absolute atomic E-state index is 5.73. The molecule has 0 unspecified atom stereocenters. The Morgan fingerprint density at radius 3 is 2.84 bits per heavy atom. The van der Waals surface area contributed by atoms with Crippen molar-refractivity contribution >= 4 is 12.4 Å². The normalized spacial score (nSPS) is 10.4. The highest BCUT2D eigenvalue weighted by Crippen LogP contribution is 2.20. The van der Waals surface area contributed by atoms with Gasteiger partial charge >= 0.3 is 0 Å². The molecule has 0 N–H and O–H groups in total. The summed E-state index contributed by atoms with van der Waals surface area (Å²) in [7, 11) is 0. The number of imidazole rings is 1. The summed E-state index contributed by atoms with van der Waals surface area (Å²) >= 11 is 0. The Morgan fingerprint density at radius 2 is 2.11 bits per heavy atom. The fourth-order valence-electron chi connectivity index (χ4n) is 1.68. The molecule has 2 rings (SSSR count). The predicted octanol–water partition coefficient (Wildman–Crippen LogP) is 3.56. The van der Waals surface area contributed by atoms with Gasteiger partial charge in [-0.2, -0.15) is 0 Å². The number of aromatic nitrogens is 2. The SMILES string of the molecule is Cc1cccc(OCC=CCn2ccnc2)c1C.Cl. The molecule has 0 bridgehead atoms. The molecule has 0 fully saturated rings. The number of rotatable bonds is 5. The van der Waals surface area contributed by atoms with Gasteiger partial charge in [0, 0.05) is 18.9 Å². The van der Waals surface area contributed by atoms with Crippen molar-refractivity contribution in [3.63, 3.8) is 0 Å². The molecule has 0 aliphatic carbocycles. The number of nitrogens with zero attached hydrogens (tertiary/aromatic N) is 2. The van der Waals surface area contributed by atoms with Crippen molar-refractivity contribution in [3.8, 4) is 5.75 Å². The van der Waals surface area contributed by atoms with E-state index in [2.05, 4.69) is 31.0 Å². The van der Waals surface area contributed by atoms with E-state index in [-0.39, 0.29) is 12.4 Å². The average Bonchev–Trinajstić information content (AvgIpc) is 2.87. The highest BCUT2D eigenvalue weighted by Gasteiger charge is 1.99. The first kappa shape index (κ1) is 15.3. The van der Waals surface area contributed by atoms with Gasteiger partial charge in [-0.1, -0.05) is 18.2 Å². The molecule has 0 aliphatic rings. The van der Waals surface area contributed by atoms with E-state index in [0.717, 1.165) is 12.3 Å². The second-order valence-corrected chi connectivity index (χ2v) is 4.24. The molecule has 0 saturated carbocycles. The van der Waals surface area contributed by atoms with Gasteiger partial charge in [-0.25, -0.2) is 4.98 Å². The molecule has 0 spiro atoms. The minimum atomic E-state index is 0. The number of benzene rings is 1. The first-order valence-corrected chi connectivity index (χ1v) is 6.07. The Labute approximate surface area is 120 Å². The van der Waals surface area contributed by atoms with Gasteiger partial charge in [0.1, 0.15) is 12.4 Å². The fourth-order valence-corrected chi connectivity index (χ4v) is 1.68. The minimum absolute atomic E-state index is 0. The number of hydrogen-bond donors (Lipinski definition) is 0. The average molecular weight is 279 g/mol. The van der Waals surface area contributed by atoms with Gasteiger partial charge in [0.2, 0.25) is 0 Å². The summed E-state index contributed by atoms with van der Waals surface area (Å²) in [4.78, 5) is 3.99. The van der Waals surface area contributed by atoms with Crippen LogP contribution in [0.4, 0.5) is 0 Å². The molecule has 0 amide bonds. The quantitative estimate of drug-likeness (QED) is 0.782. The topological polar surface area (TPSA) is 27.1 Å². The van der Waals surface area contributed by atoms with Gasteiger partial charge < -0.3 is 9.30 Å². The first-order valence-electron chi connectivity index (χ1n) is 6.07. The molecule has 2 aromatic rings. The Bertz CT molecular complexity index is 521. The van der Waals surface area contributed by atoms with Crippen LogP contribution in [-0.4, -0.2) is 16.2 Å². The van der Waals surface area contributed by atoms with E-state index in [9.17, 15) is 0 Å². The van der Waals surface area contributed by atoms with Crippen molar-refractivity contribution in [1.82, 2.24) is 9.55 Å². The van der Waals surface area contributed by atoms with Crippen molar-refractivity contribution < 1.29 is 4.74 Å². The van der Waals surface area contributed by atoms with E-state index in [1.807, 2.05) is 29.0 Å². The number of allylic oxidation sites excluding steroid dienone is 1. The maximum atomic E-state index is 5.73. The number of aryl methyl sites for hydroxylation is 1. The molecular formula is C15H19ClN2O. The summed E-state index contributed by atoms with van der Waals surface area (Å²) in [5.74, 6) is 0.960. The zero-order valence-corrected chi connectivity index (χ0v) is 12.1. The molecule has 4 heteroatoms. The predicted molar refractivity (Wildman–Crippen MR) is 80.0 cm³/mol. The smallest absolute Gasteiger partial charge is 0.122 e. The zero-order valence-electron chi connectivity index (χ0n) is 11.2. The van der Waals surface area contributed by atoms with Crippen molar-refractivity contribution in [1.29, 1.82) is 0 Å². The van der Waals surface area contributed by atoms with Crippen LogP contribution in [0.3, 0.4) is 0 Å². The highest BCUT2D eigenvalue weighted by molar-refractivity contribution is 5.85. The van der Waals surface area contributed by atoms with E-state index in [1.54, 1.807) is 12.5 Å². The van der Waals surface area contributed by atoms with Crippen LogP contribution in [0.25, 0.3) is 0 Å². The van der Waals surface area contributed by atoms with Gasteiger partial charge in [-0.05, 0) is 37.1 Å². The lowest BCUT2D eigenvalue weighted by atomic mass is 10.1. The molecule has 102 valence electrons. The number of ether oxygens (including phenoxy) is 1. The van der Waals surface area contributed by atoms with Crippen LogP contribution < -0.4 is 4.74 Å².